The summed E-state index contributed by atoms with van der Waals surface area (Å²) < 4.78 is 4.18. The molecule has 122 valence electrons. The standard InChI is InChI=1S/C20H21N3S/c1-11-9-12(2)13(3)16(10-11)19-18-17(7-8-22(19)6)23-20(21-18)14(4)15(5)24-23/h7-10H,6H2,1-5H3. The molecule has 1 aliphatic heterocycles. The molecule has 0 unspecified atom stereocenters. The largest absolute Gasteiger partial charge is 0.331 e. The molecule has 0 fully saturated rings. The van der Waals surface area contributed by atoms with Crippen molar-refractivity contribution in [1.82, 2.24) is 4.98 Å². The lowest BCUT2D eigenvalue weighted by atomic mass is 9.91. The van der Waals surface area contributed by atoms with Crippen molar-refractivity contribution in [3.05, 3.63) is 68.5 Å². The number of aryl methyl sites for hydroxylation is 4. The third-order valence-electron chi connectivity index (χ3n) is 4.95. The van der Waals surface area contributed by atoms with E-state index in [4.69, 9.17) is 4.98 Å². The number of hydrogen-bond donors (Lipinski definition) is 0. The molecule has 3 nitrogen and oxygen atoms in total. The Balaban J connectivity index is 2.01. The first-order chi connectivity index (χ1) is 11.4. The van der Waals surface area contributed by atoms with E-state index in [0.717, 1.165) is 23.1 Å². The average molecular weight is 335 g/mol. The van der Waals surface area contributed by atoms with E-state index in [0.29, 0.717) is 0 Å². The second-order valence-corrected chi connectivity index (χ2v) is 7.78. The fourth-order valence-electron chi connectivity index (χ4n) is 3.37. The van der Waals surface area contributed by atoms with E-state index >= 15 is 0 Å². The normalized spacial score (nSPS) is 13.9. The minimum Gasteiger partial charge on any atom is -0.331 e. The predicted octanol–water partition coefficient (Wildman–Crippen LogP) is 3.77. The lowest BCUT2D eigenvalue weighted by Gasteiger charge is -2.26. The summed E-state index contributed by atoms with van der Waals surface area (Å²) >= 11 is 1.76. The molecule has 0 saturated carbocycles. The Morgan fingerprint density at radius 1 is 1.17 bits per heavy atom. The number of nitrogens with zero attached hydrogens (tertiary/aromatic N) is 3. The summed E-state index contributed by atoms with van der Waals surface area (Å²) in [5.74, 6) is 0. The van der Waals surface area contributed by atoms with Crippen LogP contribution in [0, 0.1) is 40.7 Å². The first kappa shape index (κ1) is 15.2. The summed E-state index contributed by atoms with van der Waals surface area (Å²) in [5, 5.41) is 0. The van der Waals surface area contributed by atoms with Crippen molar-refractivity contribution in [1.29, 1.82) is 0 Å². The van der Waals surface area contributed by atoms with Gasteiger partial charge in [0.15, 0.2) is 0 Å². The summed E-state index contributed by atoms with van der Waals surface area (Å²) in [6, 6.07) is 5.56. The monoisotopic (exact) mass is 335 g/mol. The van der Waals surface area contributed by atoms with E-state index in [1.54, 1.807) is 11.5 Å². The van der Waals surface area contributed by atoms with Gasteiger partial charge in [-0.1, -0.05) is 35.7 Å². The van der Waals surface area contributed by atoms with Crippen molar-refractivity contribution in [3.63, 3.8) is 0 Å². The van der Waals surface area contributed by atoms with Gasteiger partial charge >= 0.3 is 0 Å². The molecule has 0 bridgehead atoms. The summed E-state index contributed by atoms with van der Waals surface area (Å²) in [4.78, 5) is 6.30. The van der Waals surface area contributed by atoms with E-state index in [1.807, 2.05) is 10.8 Å². The van der Waals surface area contributed by atoms with Crippen molar-refractivity contribution in [2.45, 2.75) is 34.6 Å². The number of rotatable bonds is 1. The van der Waals surface area contributed by atoms with E-state index in [9.17, 15) is 0 Å². The zero-order valence-corrected chi connectivity index (χ0v) is 15.6. The van der Waals surface area contributed by atoms with Gasteiger partial charge in [0.25, 0.3) is 11.5 Å². The van der Waals surface area contributed by atoms with Gasteiger partial charge in [0.05, 0.1) is 5.69 Å². The van der Waals surface area contributed by atoms with Gasteiger partial charge in [-0.25, -0.2) is 0 Å². The highest BCUT2D eigenvalue weighted by molar-refractivity contribution is 7.02. The van der Waals surface area contributed by atoms with Gasteiger partial charge in [0, 0.05) is 6.20 Å². The molecule has 1 aromatic carbocycles. The highest BCUT2D eigenvalue weighted by atomic mass is 32.1. The van der Waals surface area contributed by atoms with Crippen molar-refractivity contribution in [3.8, 4) is 0 Å². The smallest absolute Gasteiger partial charge is 0.292 e. The third-order valence-corrected chi connectivity index (χ3v) is 6.09. The maximum atomic E-state index is 4.99. The van der Waals surface area contributed by atoms with Crippen LogP contribution in [0.2, 0.25) is 0 Å². The number of hydrogen-bond acceptors (Lipinski definition) is 1. The van der Waals surface area contributed by atoms with Crippen molar-refractivity contribution in [2.24, 2.45) is 0 Å². The molecular formula is C20H21N3S. The Hall–Kier alpha value is -2.33. The van der Waals surface area contributed by atoms with Crippen molar-refractivity contribution < 1.29 is 8.37 Å². The summed E-state index contributed by atoms with van der Waals surface area (Å²) in [6.45, 7) is 15.0. The van der Waals surface area contributed by atoms with Crippen LogP contribution in [-0.4, -0.2) is 16.3 Å². The average Bonchev–Trinajstić information content (AvgIpc) is 3.01. The molecule has 3 heterocycles. The van der Waals surface area contributed by atoms with Gasteiger partial charge in [-0.3, -0.25) is 0 Å². The molecule has 24 heavy (non-hydrogen) atoms. The number of fused-ring (bicyclic) bond motifs is 3. The maximum absolute atomic E-state index is 4.99. The molecule has 4 heteroatoms. The van der Waals surface area contributed by atoms with Crippen LogP contribution in [0.25, 0.3) is 11.7 Å². The Morgan fingerprint density at radius 2 is 1.92 bits per heavy atom. The number of benzene rings is 1. The molecular weight excluding hydrogens is 314 g/mol. The molecule has 4 rings (SSSR count). The minimum absolute atomic E-state index is 1.02. The predicted molar refractivity (Wildman–Crippen MR) is 98.9 cm³/mol. The van der Waals surface area contributed by atoms with Gasteiger partial charge in [0.1, 0.15) is 23.3 Å². The summed E-state index contributed by atoms with van der Waals surface area (Å²) in [5.41, 5.74) is 9.56. The SMILES string of the molecule is C=[N+]1C=C[c-]2c(nc3c(C)[c-](C)[s+][n+]32)[C-]1c1cc(C)cc(C)c1C. The Labute approximate surface area is 146 Å². The second-order valence-electron chi connectivity index (χ2n) is 6.62. The van der Waals surface area contributed by atoms with E-state index < -0.39 is 0 Å². The van der Waals surface area contributed by atoms with Crippen LogP contribution in [0.4, 0.5) is 0 Å². The summed E-state index contributed by atoms with van der Waals surface area (Å²) in [6.07, 6.45) is 4.15. The molecule has 0 atom stereocenters. The fourth-order valence-corrected chi connectivity index (χ4v) is 4.38. The van der Waals surface area contributed by atoms with Gasteiger partial charge in [-0.15, -0.1) is 9.87 Å². The zero-order valence-electron chi connectivity index (χ0n) is 14.8. The van der Waals surface area contributed by atoms with Gasteiger partial charge < -0.3 is 4.58 Å². The summed E-state index contributed by atoms with van der Waals surface area (Å²) in [7, 11) is 0. The molecule has 0 spiro atoms. The van der Waals surface area contributed by atoms with Crippen molar-refractivity contribution in [2.75, 3.05) is 0 Å². The Bertz CT molecular complexity index is 1030. The number of imidazole rings is 1. The van der Waals surface area contributed by atoms with E-state index in [1.165, 1.54) is 32.7 Å². The lowest BCUT2D eigenvalue weighted by Crippen LogP contribution is -2.24. The molecule has 0 radical (unpaired) electrons. The van der Waals surface area contributed by atoms with E-state index in [-0.39, 0.29) is 0 Å². The number of aromatic nitrogens is 2. The van der Waals surface area contributed by atoms with Gasteiger partial charge in [-0.05, 0) is 38.8 Å². The molecule has 0 saturated heterocycles. The van der Waals surface area contributed by atoms with Crippen LogP contribution >= 0.6 is 11.5 Å². The van der Waals surface area contributed by atoms with Crippen LogP contribution in [0.1, 0.15) is 44.1 Å². The molecule has 0 aliphatic carbocycles. The van der Waals surface area contributed by atoms with Crippen LogP contribution in [-0.2, 0) is 0 Å². The van der Waals surface area contributed by atoms with Gasteiger partial charge in [-0.2, -0.15) is 4.98 Å². The highest BCUT2D eigenvalue weighted by Gasteiger charge is 2.30. The Morgan fingerprint density at radius 3 is 2.67 bits per heavy atom. The third kappa shape index (κ3) is 1.99. The minimum atomic E-state index is 1.02. The first-order valence-corrected chi connectivity index (χ1v) is 8.88. The second kappa shape index (κ2) is 5.08. The molecule has 1 aliphatic rings. The molecule has 0 N–H and O–H groups in total. The molecule has 3 aromatic rings. The lowest BCUT2D eigenvalue weighted by molar-refractivity contribution is -0.444. The molecule has 2 aromatic heterocycles. The molecule has 0 amide bonds. The van der Waals surface area contributed by atoms with Crippen LogP contribution in [0.15, 0.2) is 18.3 Å². The van der Waals surface area contributed by atoms with Crippen molar-refractivity contribution >= 4 is 30.0 Å². The van der Waals surface area contributed by atoms with Gasteiger partial charge in [0.2, 0.25) is 5.65 Å². The van der Waals surface area contributed by atoms with E-state index in [2.05, 4.69) is 63.3 Å². The quantitative estimate of drug-likeness (QED) is 0.376. The highest BCUT2D eigenvalue weighted by Crippen LogP contribution is 2.34. The maximum Gasteiger partial charge on any atom is 0.292 e. The fraction of sp³-hybridized carbons (Fsp3) is 0.250. The van der Waals surface area contributed by atoms with Crippen LogP contribution in [0.5, 0.6) is 0 Å². The van der Waals surface area contributed by atoms with Crippen LogP contribution in [0.3, 0.4) is 0 Å². The zero-order chi connectivity index (χ0) is 17.2. The first-order valence-electron chi connectivity index (χ1n) is 8.11. The topological polar surface area (TPSA) is 20.0 Å². The van der Waals surface area contributed by atoms with Crippen LogP contribution < -0.4 is 3.79 Å². The Kier molecular flexibility index (Phi) is 3.22.